The van der Waals surface area contributed by atoms with E-state index in [-0.39, 0.29) is 0 Å². The molecule has 4 aromatic rings. The second-order valence-corrected chi connectivity index (χ2v) is 6.29. The van der Waals surface area contributed by atoms with Crippen LogP contribution in [0.2, 0.25) is 0 Å². The SMILES string of the molecule is N=Nc1ccccc1NC(N1NNc2ccccc21)n1nnc2ccccc21. The Kier molecular flexibility index (Phi) is 3.84. The summed E-state index contributed by atoms with van der Waals surface area (Å²) in [6, 6.07) is 23.2. The average Bonchev–Trinajstić information content (AvgIpc) is 3.37. The van der Waals surface area contributed by atoms with Gasteiger partial charge >= 0.3 is 0 Å². The van der Waals surface area contributed by atoms with E-state index in [9.17, 15) is 0 Å². The second kappa shape index (κ2) is 6.63. The van der Waals surface area contributed by atoms with Crippen molar-refractivity contribution in [3.05, 3.63) is 72.8 Å². The highest BCUT2D eigenvalue weighted by atomic mass is 15.8. The van der Waals surface area contributed by atoms with Crippen molar-refractivity contribution in [2.75, 3.05) is 15.8 Å². The molecule has 1 aromatic heterocycles. The molecule has 4 N–H and O–H groups in total. The lowest BCUT2D eigenvalue weighted by atomic mass is 10.2. The predicted molar refractivity (Wildman–Crippen MR) is 107 cm³/mol. The summed E-state index contributed by atoms with van der Waals surface area (Å²) >= 11 is 0. The maximum atomic E-state index is 7.47. The van der Waals surface area contributed by atoms with Crippen LogP contribution in [0.25, 0.3) is 11.0 Å². The van der Waals surface area contributed by atoms with Crippen molar-refractivity contribution in [3.8, 4) is 0 Å². The van der Waals surface area contributed by atoms with Crippen LogP contribution < -0.4 is 21.3 Å². The predicted octanol–water partition coefficient (Wildman–Crippen LogP) is 4.01. The molecule has 2 heterocycles. The third kappa shape index (κ3) is 2.61. The van der Waals surface area contributed by atoms with Gasteiger partial charge < -0.3 is 10.7 Å². The van der Waals surface area contributed by atoms with Crippen LogP contribution in [0.3, 0.4) is 0 Å². The van der Waals surface area contributed by atoms with Crippen LogP contribution in [0.5, 0.6) is 0 Å². The normalized spacial score (nSPS) is 13.8. The minimum absolute atomic E-state index is 0.466. The second-order valence-electron chi connectivity index (χ2n) is 6.29. The Morgan fingerprint density at radius 2 is 1.75 bits per heavy atom. The lowest BCUT2D eigenvalue weighted by molar-refractivity contribution is 0.452. The summed E-state index contributed by atoms with van der Waals surface area (Å²) in [7, 11) is 0. The zero-order chi connectivity index (χ0) is 18.9. The first-order chi connectivity index (χ1) is 13.8. The molecular weight excluding hydrogens is 354 g/mol. The molecule has 1 unspecified atom stereocenters. The molecule has 28 heavy (non-hydrogen) atoms. The van der Waals surface area contributed by atoms with Crippen LogP contribution in [0.4, 0.5) is 22.7 Å². The first kappa shape index (κ1) is 16.2. The topological polar surface area (TPSA) is 106 Å². The number of hydrogen-bond donors (Lipinski definition) is 4. The molecule has 1 aliphatic heterocycles. The van der Waals surface area contributed by atoms with E-state index in [0.717, 1.165) is 22.4 Å². The molecule has 0 spiro atoms. The molecule has 138 valence electrons. The van der Waals surface area contributed by atoms with Crippen LogP contribution in [0, 0.1) is 5.53 Å². The molecule has 9 nitrogen and oxygen atoms in total. The van der Waals surface area contributed by atoms with Crippen molar-refractivity contribution < 1.29 is 0 Å². The molecule has 0 fully saturated rings. The molecule has 0 saturated heterocycles. The quantitative estimate of drug-likeness (QED) is 0.395. The highest BCUT2D eigenvalue weighted by Crippen LogP contribution is 2.35. The van der Waals surface area contributed by atoms with Gasteiger partial charge in [-0.2, -0.15) is 5.11 Å². The summed E-state index contributed by atoms with van der Waals surface area (Å²) < 4.78 is 1.80. The van der Waals surface area contributed by atoms with Gasteiger partial charge in [-0.3, -0.25) is 0 Å². The van der Waals surface area contributed by atoms with Crippen LogP contribution >= 0.6 is 0 Å². The number of hydrogen-bond acceptors (Lipinski definition) is 8. The van der Waals surface area contributed by atoms with Gasteiger partial charge in [-0.25, -0.2) is 15.2 Å². The first-order valence-electron chi connectivity index (χ1n) is 8.78. The number of benzene rings is 3. The number of aromatic nitrogens is 3. The molecule has 0 saturated carbocycles. The zero-order valence-corrected chi connectivity index (χ0v) is 14.7. The van der Waals surface area contributed by atoms with Crippen LogP contribution in [-0.2, 0) is 0 Å². The summed E-state index contributed by atoms with van der Waals surface area (Å²) in [4.78, 5) is 0. The molecule has 1 atom stereocenters. The van der Waals surface area contributed by atoms with Crippen molar-refractivity contribution in [1.82, 2.24) is 20.5 Å². The average molecular weight is 371 g/mol. The van der Waals surface area contributed by atoms with Crippen LogP contribution in [0.15, 0.2) is 77.9 Å². The van der Waals surface area contributed by atoms with E-state index in [1.165, 1.54) is 0 Å². The first-order valence-corrected chi connectivity index (χ1v) is 8.78. The largest absolute Gasteiger partial charge is 0.344 e. The van der Waals surface area contributed by atoms with E-state index < -0.39 is 6.29 Å². The van der Waals surface area contributed by atoms with Crippen LogP contribution in [0.1, 0.15) is 6.29 Å². The van der Waals surface area contributed by atoms with Gasteiger partial charge in [-0.1, -0.05) is 41.6 Å². The maximum Gasteiger partial charge on any atom is 0.215 e. The van der Waals surface area contributed by atoms with Gasteiger partial charge in [0.15, 0.2) is 0 Å². The van der Waals surface area contributed by atoms with Gasteiger partial charge in [0.05, 0.1) is 22.6 Å². The minimum atomic E-state index is -0.466. The van der Waals surface area contributed by atoms with E-state index in [1.54, 1.807) is 10.7 Å². The van der Waals surface area contributed by atoms with E-state index in [1.807, 2.05) is 71.7 Å². The van der Waals surface area contributed by atoms with Crippen molar-refractivity contribution in [2.45, 2.75) is 6.29 Å². The number of rotatable bonds is 5. The smallest absolute Gasteiger partial charge is 0.215 e. The lowest BCUT2D eigenvalue weighted by Crippen LogP contribution is -2.45. The fraction of sp³-hybridized carbons (Fsp3) is 0.0526. The highest BCUT2D eigenvalue weighted by Gasteiger charge is 2.29. The molecule has 0 amide bonds. The van der Waals surface area contributed by atoms with Crippen molar-refractivity contribution in [3.63, 3.8) is 0 Å². The summed E-state index contributed by atoms with van der Waals surface area (Å²) in [5.74, 6) is 0. The van der Waals surface area contributed by atoms with Crippen LogP contribution in [-0.4, -0.2) is 15.0 Å². The van der Waals surface area contributed by atoms with Gasteiger partial charge in [0.2, 0.25) is 6.29 Å². The standard InChI is InChI=1S/C19H17N9/c20-22-14-8-2-1-7-13(14)21-19(27-17-11-5-3-9-15(17)23-25-27)28-18-12-6-4-10-16(18)24-26-28/h1-12,19-21,23,25H. The van der Waals surface area contributed by atoms with E-state index in [4.69, 9.17) is 5.53 Å². The Balaban J connectivity index is 1.64. The molecule has 5 rings (SSSR count). The van der Waals surface area contributed by atoms with Crippen molar-refractivity contribution in [1.29, 1.82) is 5.53 Å². The van der Waals surface area contributed by atoms with Gasteiger partial charge in [-0.15, -0.1) is 10.6 Å². The molecule has 0 aliphatic carbocycles. The van der Waals surface area contributed by atoms with E-state index in [0.29, 0.717) is 11.4 Å². The van der Waals surface area contributed by atoms with Crippen molar-refractivity contribution >= 4 is 33.8 Å². The Bertz CT molecular complexity index is 1150. The summed E-state index contributed by atoms with van der Waals surface area (Å²) in [5.41, 5.74) is 18.7. The van der Waals surface area contributed by atoms with Gasteiger partial charge in [0.1, 0.15) is 11.2 Å². The monoisotopic (exact) mass is 371 g/mol. The number of para-hydroxylation sites is 5. The molecule has 1 aliphatic rings. The van der Waals surface area contributed by atoms with Gasteiger partial charge in [0.25, 0.3) is 0 Å². The molecular formula is C19H17N9. The number of fused-ring (bicyclic) bond motifs is 2. The Morgan fingerprint density at radius 3 is 2.68 bits per heavy atom. The minimum Gasteiger partial charge on any atom is -0.344 e. The highest BCUT2D eigenvalue weighted by molar-refractivity contribution is 5.77. The van der Waals surface area contributed by atoms with Gasteiger partial charge in [-0.05, 0) is 36.4 Å². The fourth-order valence-corrected chi connectivity index (χ4v) is 3.30. The molecule has 9 heteroatoms. The fourth-order valence-electron chi connectivity index (χ4n) is 3.30. The van der Waals surface area contributed by atoms with E-state index in [2.05, 4.69) is 31.7 Å². The maximum absolute atomic E-state index is 7.47. The zero-order valence-electron chi connectivity index (χ0n) is 14.7. The molecule has 0 bridgehead atoms. The van der Waals surface area contributed by atoms with E-state index >= 15 is 0 Å². The Labute approximate surface area is 160 Å². The molecule has 0 radical (unpaired) electrons. The molecule has 3 aromatic carbocycles. The number of nitrogens with one attached hydrogen (secondary N) is 4. The number of anilines is 3. The number of nitrogens with zero attached hydrogens (tertiary/aromatic N) is 5. The summed E-state index contributed by atoms with van der Waals surface area (Å²) in [6.07, 6.45) is -0.466. The third-order valence-corrected chi connectivity index (χ3v) is 4.64. The van der Waals surface area contributed by atoms with Gasteiger partial charge in [0, 0.05) is 0 Å². The summed E-state index contributed by atoms with van der Waals surface area (Å²) in [5, 5.41) is 17.7. The lowest BCUT2D eigenvalue weighted by Gasteiger charge is -2.30. The Morgan fingerprint density at radius 1 is 0.964 bits per heavy atom. The Hall–Kier alpha value is -3.98. The summed E-state index contributed by atoms with van der Waals surface area (Å²) in [6.45, 7) is 0. The van der Waals surface area contributed by atoms with Crippen molar-refractivity contribution in [2.24, 2.45) is 5.11 Å². The third-order valence-electron chi connectivity index (χ3n) is 4.64. The number of hydrazine groups is 2.